The molecular formula is C36H25F2N3. The lowest BCUT2D eigenvalue weighted by atomic mass is 9.86. The Morgan fingerprint density at radius 1 is 0.390 bits per heavy atom. The number of aromatic nitrogens is 3. The van der Waals surface area contributed by atoms with Crippen LogP contribution in [0.1, 0.15) is 68.6 Å². The average molecular weight is 538 g/mol. The lowest BCUT2D eigenvalue weighted by Gasteiger charge is -2.25. The van der Waals surface area contributed by atoms with E-state index in [0.29, 0.717) is 17.0 Å². The summed E-state index contributed by atoms with van der Waals surface area (Å²) in [5.74, 6) is -2.41. The molecule has 0 spiro atoms. The molecule has 4 heterocycles. The van der Waals surface area contributed by atoms with Gasteiger partial charge in [-0.15, -0.1) is 0 Å². The van der Waals surface area contributed by atoms with Gasteiger partial charge in [-0.3, -0.25) is 15.0 Å². The van der Waals surface area contributed by atoms with Crippen molar-refractivity contribution in [3.8, 4) is 0 Å². The quantitative estimate of drug-likeness (QED) is 0.229. The van der Waals surface area contributed by atoms with Crippen LogP contribution in [0.25, 0.3) is 0 Å². The van der Waals surface area contributed by atoms with Crippen molar-refractivity contribution in [3.63, 3.8) is 0 Å². The maximum Gasteiger partial charge on any atom is 0.130 e. The summed E-state index contributed by atoms with van der Waals surface area (Å²) in [4.78, 5) is 15.5. The molecule has 0 fully saturated rings. The van der Waals surface area contributed by atoms with E-state index in [4.69, 9.17) is 15.0 Å². The molecule has 0 aliphatic carbocycles. The Hall–Kier alpha value is -5.03. The molecular weight excluding hydrogens is 512 g/mol. The van der Waals surface area contributed by atoms with Crippen LogP contribution in [0.5, 0.6) is 0 Å². The number of nitrogens with zero attached hydrogens (tertiary/aromatic N) is 3. The molecule has 0 radical (unpaired) electrons. The number of rotatable bonds is 3. The molecule has 3 nitrogen and oxygen atoms in total. The predicted octanol–water partition coefficient (Wildman–Crippen LogP) is 8.00. The summed E-state index contributed by atoms with van der Waals surface area (Å²) in [6.07, 6.45) is 0. The van der Waals surface area contributed by atoms with Crippen molar-refractivity contribution in [2.24, 2.45) is 0 Å². The molecule has 41 heavy (non-hydrogen) atoms. The van der Waals surface area contributed by atoms with Gasteiger partial charge in [-0.1, -0.05) is 84.9 Å². The van der Waals surface area contributed by atoms with Crippen LogP contribution in [0.2, 0.25) is 0 Å². The second kappa shape index (κ2) is 10.5. The summed E-state index contributed by atoms with van der Waals surface area (Å²) in [7, 11) is 0. The summed E-state index contributed by atoms with van der Waals surface area (Å²) in [6.45, 7) is 0. The predicted molar refractivity (Wildman–Crippen MR) is 155 cm³/mol. The molecule has 3 aromatic carbocycles. The van der Waals surface area contributed by atoms with Gasteiger partial charge in [-0.2, -0.15) is 0 Å². The molecule has 5 heteroatoms. The topological polar surface area (TPSA) is 38.7 Å². The summed E-state index contributed by atoms with van der Waals surface area (Å²) in [6, 6.07) is 41.8. The first-order chi connectivity index (χ1) is 20.2. The van der Waals surface area contributed by atoms with Gasteiger partial charge in [0.1, 0.15) is 11.6 Å². The summed E-state index contributed by atoms with van der Waals surface area (Å²) >= 11 is 0. The van der Waals surface area contributed by atoms with Crippen LogP contribution in [-0.4, -0.2) is 15.0 Å². The van der Waals surface area contributed by atoms with E-state index in [-0.39, 0.29) is 11.8 Å². The van der Waals surface area contributed by atoms with Crippen molar-refractivity contribution in [1.29, 1.82) is 0 Å². The number of benzene rings is 3. The monoisotopic (exact) mass is 537 g/mol. The van der Waals surface area contributed by atoms with Crippen molar-refractivity contribution < 1.29 is 8.78 Å². The first-order valence-electron chi connectivity index (χ1n) is 13.6. The van der Waals surface area contributed by atoms with Gasteiger partial charge in [0.2, 0.25) is 0 Å². The second-order valence-electron chi connectivity index (χ2n) is 10.2. The fraction of sp³-hybridized carbons (Fsp3) is 0.0833. The van der Waals surface area contributed by atoms with E-state index in [1.807, 2.05) is 91.0 Å². The van der Waals surface area contributed by atoms with Crippen LogP contribution in [-0.2, 0) is 0 Å². The minimum absolute atomic E-state index is 0.253. The Labute approximate surface area is 237 Å². The average Bonchev–Trinajstić information content (AvgIpc) is 3.00. The van der Waals surface area contributed by atoms with E-state index in [1.165, 1.54) is 12.1 Å². The third-order valence-corrected chi connectivity index (χ3v) is 7.69. The molecule has 0 N–H and O–H groups in total. The van der Waals surface area contributed by atoms with Crippen molar-refractivity contribution in [3.05, 3.63) is 196 Å². The number of fused-ring (bicyclic) bond motifs is 6. The molecule has 198 valence electrons. The highest BCUT2D eigenvalue weighted by Gasteiger charge is 2.29. The number of pyridine rings is 3. The maximum absolute atomic E-state index is 15.5. The van der Waals surface area contributed by atoms with Gasteiger partial charge < -0.3 is 0 Å². The second-order valence-corrected chi connectivity index (χ2v) is 10.2. The molecule has 6 bridgehead atoms. The fourth-order valence-corrected chi connectivity index (χ4v) is 5.85. The largest absolute Gasteiger partial charge is 0.256 e. The van der Waals surface area contributed by atoms with E-state index in [9.17, 15) is 4.39 Å². The van der Waals surface area contributed by atoms with Gasteiger partial charge in [-0.05, 0) is 53.6 Å². The standard InChI is InChI=1S/C36H25F2N3/c37-25-20-21-26(27(38)22-25)36-32-18-8-16-30(40-32)34(23-10-3-1-4-11-23)28-14-7-15-29(39-28)35(24-12-5-2-6-13-24)31-17-9-19-33(36)41-31/h1-22,34-36H. The Morgan fingerprint density at radius 2 is 0.780 bits per heavy atom. The Kier molecular flexibility index (Phi) is 6.40. The van der Waals surface area contributed by atoms with E-state index in [1.54, 1.807) is 0 Å². The molecule has 1 aliphatic rings. The van der Waals surface area contributed by atoms with Crippen LogP contribution in [0, 0.1) is 11.6 Å². The number of hydrogen-bond acceptors (Lipinski definition) is 3. The molecule has 3 aromatic heterocycles. The third kappa shape index (κ3) is 4.70. The Bertz CT molecular complexity index is 1730. The highest BCUT2D eigenvalue weighted by Crippen LogP contribution is 2.38. The number of halogens is 2. The van der Waals surface area contributed by atoms with Crippen LogP contribution in [0.3, 0.4) is 0 Å². The number of hydrogen-bond donors (Lipinski definition) is 0. The SMILES string of the molecule is Fc1ccc(C2c3cccc(n3)C(c3ccccc3)c3cccc(n3)C(c3ccccc3)c3cccc2n3)c(F)c1. The van der Waals surface area contributed by atoms with Gasteiger partial charge in [-0.25, -0.2) is 8.78 Å². The molecule has 7 rings (SSSR count). The van der Waals surface area contributed by atoms with E-state index in [2.05, 4.69) is 24.3 Å². The minimum atomic E-state index is -0.644. The van der Waals surface area contributed by atoms with Gasteiger partial charge >= 0.3 is 0 Å². The highest BCUT2D eigenvalue weighted by molar-refractivity contribution is 5.46. The fourth-order valence-electron chi connectivity index (χ4n) is 5.85. The third-order valence-electron chi connectivity index (χ3n) is 7.69. The van der Waals surface area contributed by atoms with Crippen molar-refractivity contribution in [2.45, 2.75) is 17.8 Å². The smallest absolute Gasteiger partial charge is 0.130 e. The van der Waals surface area contributed by atoms with Gasteiger partial charge in [0, 0.05) is 11.6 Å². The lowest BCUT2D eigenvalue weighted by Crippen LogP contribution is -2.17. The molecule has 2 unspecified atom stereocenters. The molecule has 0 saturated heterocycles. The van der Waals surface area contributed by atoms with Crippen LogP contribution in [0.15, 0.2) is 133 Å². The van der Waals surface area contributed by atoms with E-state index >= 15 is 4.39 Å². The normalized spacial score (nSPS) is 17.8. The minimum Gasteiger partial charge on any atom is -0.256 e. The van der Waals surface area contributed by atoms with E-state index < -0.39 is 17.6 Å². The van der Waals surface area contributed by atoms with Gasteiger partial charge in [0.25, 0.3) is 0 Å². The summed E-state index contributed by atoms with van der Waals surface area (Å²) in [5, 5.41) is 0. The van der Waals surface area contributed by atoms with Crippen LogP contribution >= 0.6 is 0 Å². The zero-order chi connectivity index (χ0) is 27.8. The molecule has 0 saturated carbocycles. The van der Waals surface area contributed by atoms with Crippen molar-refractivity contribution in [1.82, 2.24) is 15.0 Å². The summed E-state index contributed by atoms with van der Waals surface area (Å²) in [5.41, 5.74) is 6.99. The zero-order valence-corrected chi connectivity index (χ0v) is 22.0. The first-order valence-corrected chi connectivity index (χ1v) is 13.6. The molecule has 0 amide bonds. The lowest BCUT2D eigenvalue weighted by molar-refractivity contribution is 0.567. The van der Waals surface area contributed by atoms with Crippen LogP contribution in [0.4, 0.5) is 8.78 Å². The van der Waals surface area contributed by atoms with Crippen molar-refractivity contribution >= 4 is 0 Å². The van der Waals surface area contributed by atoms with Crippen LogP contribution < -0.4 is 0 Å². The van der Waals surface area contributed by atoms with E-state index in [0.717, 1.165) is 40.0 Å². The zero-order valence-electron chi connectivity index (χ0n) is 22.0. The van der Waals surface area contributed by atoms with Gasteiger partial charge in [0.15, 0.2) is 0 Å². The molecule has 1 aliphatic heterocycles. The Morgan fingerprint density at radius 3 is 1.17 bits per heavy atom. The maximum atomic E-state index is 15.5. The van der Waals surface area contributed by atoms with Gasteiger partial charge in [0.05, 0.1) is 51.9 Å². The molecule has 6 aromatic rings. The first kappa shape index (κ1) is 25.0. The van der Waals surface area contributed by atoms with Crippen molar-refractivity contribution in [2.75, 3.05) is 0 Å². The Balaban J connectivity index is 1.55. The highest BCUT2D eigenvalue weighted by atomic mass is 19.1. The summed E-state index contributed by atoms with van der Waals surface area (Å²) < 4.78 is 29.5. The molecule has 2 atom stereocenters.